The Hall–Kier alpha value is -1.14. The smallest absolute Gasteiger partial charge is 0.318 e. The second-order valence-electron chi connectivity index (χ2n) is 4.15. The number of aliphatic hydroxyl groups excluding tert-OH is 1. The van der Waals surface area contributed by atoms with Crippen LogP contribution in [0.25, 0.3) is 0 Å². The SMILES string of the molecule is NC(=O)NC(=O)CCN1CCCC(CO)C1. The van der Waals surface area contributed by atoms with Crippen LogP contribution in [0.3, 0.4) is 0 Å². The molecule has 16 heavy (non-hydrogen) atoms. The normalized spacial score (nSPS) is 21.7. The number of imide groups is 1. The molecule has 1 unspecified atom stereocenters. The average molecular weight is 229 g/mol. The summed E-state index contributed by atoms with van der Waals surface area (Å²) in [5.41, 5.74) is 4.83. The van der Waals surface area contributed by atoms with Crippen molar-refractivity contribution in [1.29, 1.82) is 0 Å². The van der Waals surface area contributed by atoms with E-state index in [-0.39, 0.29) is 18.9 Å². The van der Waals surface area contributed by atoms with Crippen LogP contribution >= 0.6 is 0 Å². The zero-order chi connectivity index (χ0) is 12.0. The first-order valence-corrected chi connectivity index (χ1v) is 5.54. The van der Waals surface area contributed by atoms with Crippen LogP contribution in [0.15, 0.2) is 0 Å². The fraction of sp³-hybridized carbons (Fsp3) is 0.800. The van der Waals surface area contributed by atoms with Crippen molar-refractivity contribution in [2.24, 2.45) is 11.7 Å². The largest absolute Gasteiger partial charge is 0.396 e. The van der Waals surface area contributed by atoms with Crippen molar-refractivity contribution >= 4 is 11.9 Å². The van der Waals surface area contributed by atoms with Gasteiger partial charge < -0.3 is 15.7 Å². The van der Waals surface area contributed by atoms with Crippen LogP contribution in [0.1, 0.15) is 19.3 Å². The summed E-state index contributed by atoms with van der Waals surface area (Å²) in [4.78, 5) is 23.7. The maximum Gasteiger partial charge on any atom is 0.318 e. The molecular formula is C10H19N3O3. The van der Waals surface area contributed by atoms with Crippen molar-refractivity contribution in [2.75, 3.05) is 26.2 Å². The number of primary amides is 1. The van der Waals surface area contributed by atoms with Gasteiger partial charge in [-0.2, -0.15) is 0 Å². The number of urea groups is 1. The Morgan fingerprint density at radius 3 is 2.88 bits per heavy atom. The minimum atomic E-state index is -0.808. The summed E-state index contributed by atoms with van der Waals surface area (Å²) < 4.78 is 0. The maximum atomic E-state index is 11.2. The van der Waals surface area contributed by atoms with Crippen LogP contribution in [0.4, 0.5) is 4.79 Å². The zero-order valence-corrected chi connectivity index (χ0v) is 9.32. The van der Waals surface area contributed by atoms with E-state index in [0.717, 1.165) is 25.9 Å². The third-order valence-corrected chi connectivity index (χ3v) is 2.78. The molecule has 0 radical (unpaired) electrons. The lowest BCUT2D eigenvalue weighted by atomic mass is 9.99. The van der Waals surface area contributed by atoms with Crippen LogP contribution in [0.2, 0.25) is 0 Å². The molecule has 0 aromatic carbocycles. The van der Waals surface area contributed by atoms with Gasteiger partial charge in [0.1, 0.15) is 0 Å². The molecule has 1 rings (SSSR count). The van der Waals surface area contributed by atoms with Crippen molar-refractivity contribution in [3.8, 4) is 0 Å². The Bertz CT molecular complexity index is 258. The Morgan fingerprint density at radius 1 is 1.50 bits per heavy atom. The Labute approximate surface area is 94.8 Å². The van der Waals surface area contributed by atoms with Gasteiger partial charge in [-0.25, -0.2) is 4.79 Å². The number of likely N-dealkylation sites (tertiary alicyclic amines) is 1. The minimum Gasteiger partial charge on any atom is -0.396 e. The Balaban J connectivity index is 2.21. The number of nitrogens with zero attached hydrogens (tertiary/aromatic N) is 1. The molecular weight excluding hydrogens is 210 g/mol. The van der Waals surface area contributed by atoms with E-state index in [0.29, 0.717) is 12.5 Å². The van der Waals surface area contributed by atoms with E-state index in [1.54, 1.807) is 0 Å². The fourth-order valence-electron chi connectivity index (χ4n) is 1.96. The highest BCUT2D eigenvalue weighted by Crippen LogP contribution is 2.15. The van der Waals surface area contributed by atoms with Crippen LogP contribution < -0.4 is 11.1 Å². The highest BCUT2D eigenvalue weighted by Gasteiger charge is 2.19. The molecule has 1 aliphatic rings. The molecule has 92 valence electrons. The van der Waals surface area contributed by atoms with Gasteiger partial charge in [0.2, 0.25) is 5.91 Å². The van der Waals surface area contributed by atoms with E-state index in [4.69, 9.17) is 10.8 Å². The Morgan fingerprint density at radius 2 is 2.25 bits per heavy atom. The second kappa shape index (κ2) is 6.44. The first-order chi connectivity index (χ1) is 7.61. The number of piperidine rings is 1. The molecule has 1 atom stereocenters. The quantitative estimate of drug-likeness (QED) is 0.592. The van der Waals surface area contributed by atoms with E-state index < -0.39 is 6.03 Å². The van der Waals surface area contributed by atoms with E-state index in [1.165, 1.54) is 0 Å². The molecule has 0 saturated carbocycles. The number of hydrogen-bond acceptors (Lipinski definition) is 4. The molecule has 6 nitrogen and oxygen atoms in total. The summed E-state index contributed by atoms with van der Waals surface area (Å²) >= 11 is 0. The van der Waals surface area contributed by atoms with Crippen molar-refractivity contribution < 1.29 is 14.7 Å². The molecule has 1 heterocycles. The highest BCUT2D eigenvalue weighted by molar-refractivity contribution is 5.93. The van der Waals surface area contributed by atoms with Crippen molar-refractivity contribution in [3.05, 3.63) is 0 Å². The number of nitrogens with two attached hydrogens (primary N) is 1. The first kappa shape index (κ1) is 12.9. The van der Waals surface area contributed by atoms with E-state index in [2.05, 4.69) is 4.90 Å². The monoisotopic (exact) mass is 229 g/mol. The molecule has 1 fully saturated rings. The van der Waals surface area contributed by atoms with Crippen LogP contribution in [-0.4, -0.2) is 48.2 Å². The fourth-order valence-corrected chi connectivity index (χ4v) is 1.96. The molecule has 0 aromatic rings. The number of carbonyl (C=O) groups is 2. The molecule has 0 bridgehead atoms. The molecule has 0 spiro atoms. The molecule has 6 heteroatoms. The predicted octanol–water partition coefficient (Wildman–Crippen LogP) is -0.724. The number of nitrogens with one attached hydrogen (secondary N) is 1. The first-order valence-electron chi connectivity index (χ1n) is 5.54. The number of rotatable bonds is 4. The van der Waals surface area contributed by atoms with Gasteiger partial charge in [0.25, 0.3) is 0 Å². The zero-order valence-electron chi connectivity index (χ0n) is 9.32. The van der Waals surface area contributed by atoms with Gasteiger partial charge >= 0.3 is 6.03 Å². The van der Waals surface area contributed by atoms with Gasteiger partial charge in [-0.3, -0.25) is 10.1 Å². The third kappa shape index (κ3) is 4.59. The summed E-state index contributed by atoms with van der Waals surface area (Å²) in [6.07, 6.45) is 2.35. The van der Waals surface area contributed by atoms with Crippen molar-refractivity contribution in [3.63, 3.8) is 0 Å². The minimum absolute atomic E-state index is 0.198. The van der Waals surface area contributed by atoms with Gasteiger partial charge in [-0.1, -0.05) is 0 Å². The van der Waals surface area contributed by atoms with Gasteiger partial charge in [0, 0.05) is 26.1 Å². The summed E-state index contributed by atoms with van der Waals surface area (Å²) in [6.45, 7) is 2.57. The molecule has 1 saturated heterocycles. The summed E-state index contributed by atoms with van der Waals surface area (Å²) in [5, 5.41) is 11.1. The van der Waals surface area contributed by atoms with E-state index >= 15 is 0 Å². The van der Waals surface area contributed by atoms with Crippen LogP contribution in [0.5, 0.6) is 0 Å². The number of carbonyl (C=O) groups excluding carboxylic acids is 2. The van der Waals surface area contributed by atoms with Crippen molar-refractivity contribution in [2.45, 2.75) is 19.3 Å². The van der Waals surface area contributed by atoms with Crippen LogP contribution in [-0.2, 0) is 4.79 Å². The molecule has 4 N–H and O–H groups in total. The topological polar surface area (TPSA) is 95.7 Å². The lowest BCUT2D eigenvalue weighted by molar-refractivity contribution is -0.120. The Kier molecular flexibility index (Phi) is 5.21. The van der Waals surface area contributed by atoms with Gasteiger partial charge in [0.05, 0.1) is 0 Å². The molecule has 1 aliphatic heterocycles. The van der Waals surface area contributed by atoms with Crippen LogP contribution in [0, 0.1) is 5.92 Å². The summed E-state index contributed by atoms with van der Waals surface area (Å²) in [6, 6.07) is -0.808. The van der Waals surface area contributed by atoms with E-state index in [1.807, 2.05) is 5.32 Å². The van der Waals surface area contributed by atoms with Gasteiger partial charge in [0.15, 0.2) is 0 Å². The van der Waals surface area contributed by atoms with Gasteiger partial charge in [-0.05, 0) is 25.3 Å². The average Bonchev–Trinajstić information content (AvgIpc) is 2.26. The summed E-state index contributed by atoms with van der Waals surface area (Å²) in [7, 11) is 0. The predicted molar refractivity (Wildman–Crippen MR) is 58.6 cm³/mol. The number of aliphatic hydroxyl groups is 1. The lowest BCUT2D eigenvalue weighted by Crippen LogP contribution is -2.40. The highest BCUT2D eigenvalue weighted by atomic mass is 16.3. The molecule has 0 aliphatic carbocycles. The van der Waals surface area contributed by atoms with E-state index in [9.17, 15) is 9.59 Å². The maximum absolute atomic E-state index is 11.2. The number of hydrogen-bond donors (Lipinski definition) is 3. The van der Waals surface area contributed by atoms with Crippen molar-refractivity contribution in [1.82, 2.24) is 10.2 Å². The lowest BCUT2D eigenvalue weighted by Gasteiger charge is -2.31. The molecule has 3 amide bonds. The second-order valence-corrected chi connectivity index (χ2v) is 4.15. The standard InChI is InChI=1S/C10H19N3O3/c11-10(16)12-9(15)3-5-13-4-1-2-8(6-13)7-14/h8,14H,1-7H2,(H3,11,12,15,16). The summed E-state index contributed by atoms with van der Waals surface area (Å²) in [5.74, 6) is -0.0356. The molecule has 0 aromatic heterocycles. The number of amides is 3. The van der Waals surface area contributed by atoms with Gasteiger partial charge in [-0.15, -0.1) is 0 Å². The third-order valence-electron chi connectivity index (χ3n) is 2.78.